The largest absolute Gasteiger partial charge is 0.393 e. The zero-order valence-electron chi connectivity index (χ0n) is 8.79. The first-order chi connectivity index (χ1) is 6.77. The molecule has 2 fully saturated rings. The van der Waals surface area contributed by atoms with Crippen molar-refractivity contribution >= 4 is 0 Å². The van der Waals surface area contributed by atoms with Crippen LogP contribution in [-0.2, 0) is 0 Å². The molecule has 3 unspecified atom stereocenters. The highest BCUT2D eigenvalue weighted by molar-refractivity contribution is 4.85. The minimum absolute atomic E-state index is 0.263. The summed E-state index contributed by atoms with van der Waals surface area (Å²) in [4.78, 5) is 0. The molecule has 0 amide bonds. The Labute approximate surface area is 85.7 Å². The topological polar surface area (TPSA) is 20.2 Å². The van der Waals surface area contributed by atoms with Gasteiger partial charge < -0.3 is 5.11 Å². The maximum atomic E-state index is 13.7. The summed E-state index contributed by atoms with van der Waals surface area (Å²) in [5, 5.41) is 9.36. The average molecular weight is 200 g/mol. The van der Waals surface area contributed by atoms with Crippen molar-refractivity contribution < 1.29 is 9.50 Å². The summed E-state index contributed by atoms with van der Waals surface area (Å²) < 4.78 is 13.7. The maximum Gasteiger partial charge on any atom is 0.106 e. The van der Waals surface area contributed by atoms with Crippen LogP contribution in [-0.4, -0.2) is 17.4 Å². The van der Waals surface area contributed by atoms with Gasteiger partial charge in [0.15, 0.2) is 0 Å². The lowest BCUT2D eigenvalue weighted by atomic mass is 9.72. The number of hydrogen-bond donors (Lipinski definition) is 1. The Balaban J connectivity index is 1.89. The Morgan fingerprint density at radius 2 is 1.64 bits per heavy atom. The van der Waals surface area contributed by atoms with Crippen molar-refractivity contribution in [3.05, 3.63) is 0 Å². The first kappa shape index (κ1) is 10.4. The first-order valence-corrected chi connectivity index (χ1v) is 6.09. The number of aliphatic hydroxyl groups excluding tert-OH is 1. The molecular formula is C12H21FO. The fourth-order valence-corrected chi connectivity index (χ4v) is 3.21. The van der Waals surface area contributed by atoms with Gasteiger partial charge >= 0.3 is 0 Å². The lowest BCUT2D eigenvalue weighted by Gasteiger charge is -2.36. The first-order valence-electron chi connectivity index (χ1n) is 6.09. The number of halogens is 1. The van der Waals surface area contributed by atoms with Gasteiger partial charge in [-0.2, -0.15) is 0 Å². The van der Waals surface area contributed by atoms with E-state index < -0.39 is 6.17 Å². The zero-order valence-corrected chi connectivity index (χ0v) is 8.79. The molecule has 2 aliphatic rings. The van der Waals surface area contributed by atoms with Gasteiger partial charge in [0.1, 0.15) is 6.17 Å². The smallest absolute Gasteiger partial charge is 0.106 e. The Hall–Kier alpha value is -0.110. The van der Waals surface area contributed by atoms with Crippen molar-refractivity contribution in [3.8, 4) is 0 Å². The molecule has 1 N–H and O–H groups in total. The Bertz CT molecular complexity index is 177. The quantitative estimate of drug-likeness (QED) is 0.689. The lowest BCUT2D eigenvalue weighted by molar-refractivity contribution is 0.0180. The summed E-state index contributed by atoms with van der Waals surface area (Å²) >= 11 is 0. The lowest BCUT2D eigenvalue weighted by Crippen LogP contribution is -2.34. The Morgan fingerprint density at radius 3 is 2.29 bits per heavy atom. The predicted octanol–water partition coefficient (Wildman–Crippen LogP) is 3.07. The zero-order chi connectivity index (χ0) is 9.97. The molecule has 0 aliphatic heterocycles. The standard InChI is InChI=1S/C12H21FO/c13-12-8-10(14)6-7-11(12)9-4-2-1-3-5-9/h9-12,14H,1-8H2. The molecule has 0 aromatic carbocycles. The molecule has 0 aromatic heterocycles. The predicted molar refractivity (Wildman–Crippen MR) is 54.8 cm³/mol. The highest BCUT2D eigenvalue weighted by Gasteiger charge is 2.35. The molecular weight excluding hydrogens is 179 g/mol. The molecule has 3 atom stereocenters. The van der Waals surface area contributed by atoms with Crippen LogP contribution < -0.4 is 0 Å². The molecule has 0 bridgehead atoms. The number of hydrogen-bond acceptors (Lipinski definition) is 1. The van der Waals surface area contributed by atoms with Crippen LogP contribution in [0.2, 0.25) is 0 Å². The third kappa shape index (κ3) is 2.28. The molecule has 2 rings (SSSR count). The molecule has 2 heteroatoms. The maximum absolute atomic E-state index is 13.7. The highest BCUT2D eigenvalue weighted by Crippen LogP contribution is 2.39. The Morgan fingerprint density at radius 1 is 0.929 bits per heavy atom. The van der Waals surface area contributed by atoms with Gasteiger partial charge in [0, 0.05) is 6.42 Å². The molecule has 2 aliphatic carbocycles. The normalized spacial score (nSPS) is 41.1. The van der Waals surface area contributed by atoms with E-state index in [1.165, 1.54) is 32.1 Å². The van der Waals surface area contributed by atoms with Crippen LogP contribution in [0.1, 0.15) is 51.4 Å². The van der Waals surface area contributed by atoms with Gasteiger partial charge in [-0.1, -0.05) is 32.1 Å². The van der Waals surface area contributed by atoms with E-state index >= 15 is 0 Å². The minimum Gasteiger partial charge on any atom is -0.393 e. The molecule has 0 saturated heterocycles. The highest BCUT2D eigenvalue weighted by atomic mass is 19.1. The average Bonchev–Trinajstić information content (AvgIpc) is 2.19. The van der Waals surface area contributed by atoms with Crippen molar-refractivity contribution in [1.29, 1.82) is 0 Å². The fraction of sp³-hybridized carbons (Fsp3) is 1.00. The van der Waals surface area contributed by atoms with E-state index in [4.69, 9.17) is 0 Å². The number of aliphatic hydroxyl groups is 1. The van der Waals surface area contributed by atoms with E-state index in [0.717, 1.165) is 12.8 Å². The summed E-state index contributed by atoms with van der Waals surface area (Å²) in [6.07, 6.45) is 7.38. The number of rotatable bonds is 1. The van der Waals surface area contributed by atoms with E-state index in [1.54, 1.807) is 0 Å². The van der Waals surface area contributed by atoms with Gasteiger partial charge in [0.25, 0.3) is 0 Å². The van der Waals surface area contributed by atoms with E-state index in [2.05, 4.69) is 0 Å². The second kappa shape index (κ2) is 4.61. The van der Waals surface area contributed by atoms with E-state index in [1.807, 2.05) is 0 Å². The van der Waals surface area contributed by atoms with Gasteiger partial charge in [0.05, 0.1) is 6.10 Å². The van der Waals surface area contributed by atoms with Crippen molar-refractivity contribution in [1.82, 2.24) is 0 Å². The summed E-state index contributed by atoms with van der Waals surface area (Å²) in [6.45, 7) is 0. The van der Waals surface area contributed by atoms with Crippen LogP contribution in [0.25, 0.3) is 0 Å². The molecule has 0 spiro atoms. The fourth-order valence-electron chi connectivity index (χ4n) is 3.21. The van der Waals surface area contributed by atoms with E-state index in [0.29, 0.717) is 12.3 Å². The van der Waals surface area contributed by atoms with Gasteiger partial charge in [-0.25, -0.2) is 4.39 Å². The molecule has 0 radical (unpaired) electrons. The molecule has 1 nitrogen and oxygen atoms in total. The van der Waals surface area contributed by atoms with E-state index in [9.17, 15) is 9.50 Å². The van der Waals surface area contributed by atoms with Crippen molar-refractivity contribution in [2.75, 3.05) is 0 Å². The van der Waals surface area contributed by atoms with Crippen molar-refractivity contribution in [2.24, 2.45) is 11.8 Å². The second-order valence-corrected chi connectivity index (χ2v) is 5.04. The SMILES string of the molecule is OC1CCC(C2CCCCC2)C(F)C1. The monoisotopic (exact) mass is 200 g/mol. The number of alkyl halides is 1. The summed E-state index contributed by atoms with van der Waals surface area (Å²) in [5.74, 6) is 0.880. The van der Waals surface area contributed by atoms with E-state index in [-0.39, 0.29) is 12.0 Å². The molecule has 2 saturated carbocycles. The second-order valence-electron chi connectivity index (χ2n) is 5.04. The van der Waals surface area contributed by atoms with Gasteiger partial charge in [-0.3, -0.25) is 0 Å². The summed E-state index contributed by atoms with van der Waals surface area (Å²) in [7, 11) is 0. The molecule has 82 valence electrons. The van der Waals surface area contributed by atoms with Crippen molar-refractivity contribution in [3.63, 3.8) is 0 Å². The minimum atomic E-state index is -0.734. The van der Waals surface area contributed by atoms with Gasteiger partial charge in [-0.05, 0) is 24.7 Å². The van der Waals surface area contributed by atoms with Gasteiger partial charge in [-0.15, -0.1) is 0 Å². The van der Waals surface area contributed by atoms with Crippen molar-refractivity contribution in [2.45, 2.75) is 63.6 Å². The van der Waals surface area contributed by atoms with Crippen LogP contribution in [0, 0.1) is 11.8 Å². The van der Waals surface area contributed by atoms with Crippen LogP contribution in [0.3, 0.4) is 0 Å². The summed E-state index contributed by atoms with van der Waals surface area (Å²) in [6, 6.07) is 0. The molecule has 0 aromatic rings. The summed E-state index contributed by atoms with van der Waals surface area (Å²) in [5.41, 5.74) is 0. The molecule has 0 heterocycles. The van der Waals surface area contributed by atoms with Gasteiger partial charge in [0.2, 0.25) is 0 Å². The third-order valence-corrected chi connectivity index (χ3v) is 4.05. The molecule has 14 heavy (non-hydrogen) atoms. The van der Waals surface area contributed by atoms with Crippen LogP contribution in [0.15, 0.2) is 0 Å². The van der Waals surface area contributed by atoms with Crippen LogP contribution in [0.5, 0.6) is 0 Å². The van der Waals surface area contributed by atoms with Crippen LogP contribution in [0.4, 0.5) is 4.39 Å². The van der Waals surface area contributed by atoms with Crippen LogP contribution >= 0.6 is 0 Å². The third-order valence-electron chi connectivity index (χ3n) is 4.05. The Kier molecular flexibility index (Phi) is 3.42.